The molecule has 136 valence electrons. The van der Waals surface area contributed by atoms with Crippen LogP contribution in [0, 0.1) is 6.92 Å². The van der Waals surface area contributed by atoms with Crippen LogP contribution in [0.2, 0.25) is 0 Å². The molecule has 4 rings (SSSR count). The summed E-state index contributed by atoms with van der Waals surface area (Å²) in [6.07, 6.45) is 6.61. The minimum Gasteiger partial charge on any atom is -0.295 e. The summed E-state index contributed by atoms with van der Waals surface area (Å²) in [4.78, 5) is 14.1. The van der Waals surface area contributed by atoms with Crippen LogP contribution in [-0.4, -0.2) is 47.9 Å². The second-order valence-corrected chi connectivity index (χ2v) is 10.7. The molecule has 0 unspecified atom stereocenters. The summed E-state index contributed by atoms with van der Waals surface area (Å²) in [5.74, 6) is 2.01. The van der Waals surface area contributed by atoms with E-state index >= 15 is 0 Å². The number of aromatic nitrogens is 2. The molecule has 2 aliphatic rings. The zero-order chi connectivity index (χ0) is 17.4. The highest BCUT2D eigenvalue weighted by molar-refractivity contribution is 7.91. The first-order valence-electron chi connectivity index (χ1n) is 9.20. The van der Waals surface area contributed by atoms with Gasteiger partial charge in [-0.25, -0.2) is 18.4 Å². The van der Waals surface area contributed by atoms with E-state index in [9.17, 15) is 8.42 Å². The molecule has 0 atom stereocenters. The van der Waals surface area contributed by atoms with Gasteiger partial charge in [0.15, 0.2) is 9.84 Å². The van der Waals surface area contributed by atoms with Crippen LogP contribution in [0.4, 0.5) is 0 Å². The van der Waals surface area contributed by atoms with Crippen molar-refractivity contribution >= 4 is 31.4 Å². The van der Waals surface area contributed by atoms with Gasteiger partial charge in [-0.05, 0) is 31.7 Å². The van der Waals surface area contributed by atoms with Crippen molar-refractivity contribution in [1.82, 2.24) is 14.9 Å². The number of nitrogens with zero attached hydrogens (tertiary/aromatic N) is 3. The summed E-state index contributed by atoms with van der Waals surface area (Å²) in [6.45, 7) is 3.87. The van der Waals surface area contributed by atoms with Crippen LogP contribution < -0.4 is 0 Å². The molecule has 0 bridgehead atoms. The molecule has 1 saturated carbocycles. The van der Waals surface area contributed by atoms with Crippen molar-refractivity contribution in [3.8, 4) is 0 Å². The number of aryl methyl sites for hydroxylation is 1. The van der Waals surface area contributed by atoms with Crippen molar-refractivity contribution in [1.29, 1.82) is 0 Å². The molecule has 0 aromatic carbocycles. The lowest BCUT2D eigenvalue weighted by Crippen LogP contribution is -2.39. The first-order chi connectivity index (χ1) is 12.0. The molecule has 2 aromatic rings. The molecule has 0 amide bonds. The number of hydrogen-bond donors (Lipinski definition) is 0. The van der Waals surface area contributed by atoms with Crippen molar-refractivity contribution in [2.45, 2.75) is 51.5 Å². The van der Waals surface area contributed by atoms with Crippen molar-refractivity contribution in [3.63, 3.8) is 0 Å². The van der Waals surface area contributed by atoms with Crippen LogP contribution in [0.15, 0.2) is 6.07 Å². The lowest BCUT2D eigenvalue weighted by atomic mass is 9.88. The topological polar surface area (TPSA) is 63.2 Å². The Balaban J connectivity index is 1.60. The lowest BCUT2D eigenvalue weighted by molar-refractivity contribution is 0.285. The Morgan fingerprint density at radius 1 is 1.16 bits per heavy atom. The van der Waals surface area contributed by atoms with E-state index in [0.717, 1.165) is 22.9 Å². The van der Waals surface area contributed by atoms with Gasteiger partial charge in [0, 0.05) is 29.9 Å². The van der Waals surface area contributed by atoms with E-state index in [1.54, 1.807) is 0 Å². The zero-order valence-electron chi connectivity index (χ0n) is 14.7. The average molecular weight is 380 g/mol. The van der Waals surface area contributed by atoms with Crippen LogP contribution in [0.3, 0.4) is 0 Å². The summed E-state index contributed by atoms with van der Waals surface area (Å²) in [5, 5.41) is 1.17. The Bertz CT molecular complexity index is 856. The maximum Gasteiger partial charge on any atom is 0.152 e. The standard InChI is InChI=1S/C18H25N3O2S2/c1-13-19-16(12-21-7-9-25(22,23)10-8-21)15-11-17(24-18(15)20-13)14-5-3-2-4-6-14/h11,14H,2-10,12H2,1H3. The maximum atomic E-state index is 11.6. The van der Waals surface area contributed by atoms with E-state index in [0.29, 0.717) is 19.0 Å². The Labute approximate surface area is 153 Å². The third-order valence-corrected chi connectivity index (χ3v) is 8.22. The highest BCUT2D eigenvalue weighted by Crippen LogP contribution is 2.39. The quantitative estimate of drug-likeness (QED) is 0.819. The number of hydrogen-bond acceptors (Lipinski definition) is 6. The molecule has 5 nitrogen and oxygen atoms in total. The Morgan fingerprint density at radius 3 is 2.60 bits per heavy atom. The summed E-state index contributed by atoms with van der Waals surface area (Å²) in [7, 11) is -2.84. The molecule has 3 heterocycles. The maximum absolute atomic E-state index is 11.6. The first kappa shape index (κ1) is 17.4. The summed E-state index contributed by atoms with van der Waals surface area (Å²) >= 11 is 1.83. The molecule has 0 spiro atoms. The molecular formula is C18H25N3O2S2. The number of rotatable bonds is 3. The van der Waals surface area contributed by atoms with E-state index in [-0.39, 0.29) is 11.5 Å². The largest absolute Gasteiger partial charge is 0.295 e. The van der Waals surface area contributed by atoms with Gasteiger partial charge in [0.05, 0.1) is 17.2 Å². The molecule has 0 radical (unpaired) electrons. The SMILES string of the molecule is Cc1nc(CN2CCS(=O)(=O)CC2)c2cc(C3CCCCC3)sc2n1. The minimum atomic E-state index is -2.84. The Hall–Kier alpha value is -1.05. The predicted octanol–water partition coefficient (Wildman–Crippen LogP) is 3.28. The Morgan fingerprint density at radius 2 is 1.88 bits per heavy atom. The van der Waals surface area contributed by atoms with Gasteiger partial charge in [0.25, 0.3) is 0 Å². The fourth-order valence-electron chi connectivity index (χ4n) is 3.95. The fourth-order valence-corrected chi connectivity index (χ4v) is 6.49. The van der Waals surface area contributed by atoms with Gasteiger partial charge < -0.3 is 0 Å². The normalized spacial score (nSPS) is 22.4. The van der Waals surface area contributed by atoms with Crippen molar-refractivity contribution in [3.05, 3.63) is 22.5 Å². The molecule has 25 heavy (non-hydrogen) atoms. The number of sulfone groups is 1. The predicted molar refractivity (Wildman–Crippen MR) is 102 cm³/mol. The third kappa shape index (κ3) is 3.88. The summed E-state index contributed by atoms with van der Waals surface area (Å²) in [5.41, 5.74) is 1.06. The summed E-state index contributed by atoms with van der Waals surface area (Å²) in [6, 6.07) is 2.31. The smallest absolute Gasteiger partial charge is 0.152 e. The van der Waals surface area contributed by atoms with Gasteiger partial charge in [0.1, 0.15) is 10.7 Å². The minimum absolute atomic E-state index is 0.261. The van der Waals surface area contributed by atoms with Crippen LogP contribution >= 0.6 is 11.3 Å². The van der Waals surface area contributed by atoms with E-state index in [1.807, 2.05) is 18.3 Å². The van der Waals surface area contributed by atoms with Gasteiger partial charge in [-0.2, -0.15) is 0 Å². The van der Waals surface area contributed by atoms with Gasteiger partial charge >= 0.3 is 0 Å². The van der Waals surface area contributed by atoms with E-state index < -0.39 is 9.84 Å². The third-order valence-electron chi connectivity index (χ3n) is 5.42. The highest BCUT2D eigenvalue weighted by atomic mass is 32.2. The van der Waals surface area contributed by atoms with Crippen molar-refractivity contribution in [2.24, 2.45) is 0 Å². The lowest BCUT2D eigenvalue weighted by Gasteiger charge is -2.26. The molecule has 1 saturated heterocycles. The van der Waals surface area contributed by atoms with Crippen LogP contribution in [0.25, 0.3) is 10.2 Å². The van der Waals surface area contributed by atoms with Gasteiger partial charge in [0.2, 0.25) is 0 Å². The molecule has 1 aliphatic heterocycles. The van der Waals surface area contributed by atoms with Crippen molar-refractivity contribution in [2.75, 3.05) is 24.6 Å². The van der Waals surface area contributed by atoms with Gasteiger partial charge in [-0.1, -0.05) is 19.3 Å². The van der Waals surface area contributed by atoms with Gasteiger partial charge in [-0.3, -0.25) is 4.90 Å². The fraction of sp³-hybridized carbons (Fsp3) is 0.667. The van der Waals surface area contributed by atoms with Crippen molar-refractivity contribution < 1.29 is 8.42 Å². The monoisotopic (exact) mass is 379 g/mol. The van der Waals surface area contributed by atoms with Crippen LogP contribution in [0.5, 0.6) is 0 Å². The van der Waals surface area contributed by atoms with Gasteiger partial charge in [-0.15, -0.1) is 11.3 Å². The molecule has 7 heteroatoms. The number of fused-ring (bicyclic) bond motifs is 1. The average Bonchev–Trinajstić information content (AvgIpc) is 3.02. The molecule has 2 fully saturated rings. The number of thiophene rings is 1. The van der Waals surface area contributed by atoms with Crippen LogP contribution in [-0.2, 0) is 16.4 Å². The highest BCUT2D eigenvalue weighted by Gasteiger charge is 2.24. The molecule has 1 aliphatic carbocycles. The first-order valence-corrected chi connectivity index (χ1v) is 11.8. The summed E-state index contributed by atoms with van der Waals surface area (Å²) < 4.78 is 23.3. The van der Waals surface area contributed by atoms with Crippen LogP contribution in [0.1, 0.15) is 54.4 Å². The van der Waals surface area contributed by atoms with E-state index in [4.69, 9.17) is 4.98 Å². The zero-order valence-corrected chi connectivity index (χ0v) is 16.3. The Kier molecular flexibility index (Phi) is 4.81. The second kappa shape index (κ2) is 6.93. The molecule has 0 N–H and O–H groups in total. The second-order valence-electron chi connectivity index (χ2n) is 7.35. The molecule has 2 aromatic heterocycles. The molecular weight excluding hydrogens is 354 g/mol. The van der Waals surface area contributed by atoms with E-state index in [1.165, 1.54) is 42.4 Å². The van der Waals surface area contributed by atoms with E-state index in [2.05, 4.69) is 16.0 Å².